The predicted molar refractivity (Wildman–Crippen MR) is 117 cm³/mol. The number of pyridine rings is 1. The molecule has 0 saturated carbocycles. The minimum absolute atomic E-state index is 0.0351. The van der Waals surface area contributed by atoms with Crippen molar-refractivity contribution in [2.45, 2.75) is 51.2 Å². The summed E-state index contributed by atoms with van der Waals surface area (Å²) in [7, 11) is 0. The van der Waals surface area contributed by atoms with E-state index in [1.807, 2.05) is 12.1 Å². The number of fused-ring (bicyclic) bond motifs is 1. The zero-order valence-corrected chi connectivity index (χ0v) is 19.0. The number of carbonyl (C=O) groups is 2. The van der Waals surface area contributed by atoms with Crippen LogP contribution in [-0.4, -0.2) is 68.0 Å². The fourth-order valence-corrected chi connectivity index (χ4v) is 4.49. The second-order valence-corrected chi connectivity index (χ2v) is 9.29. The molecule has 182 valence electrons. The van der Waals surface area contributed by atoms with Crippen LogP contribution in [0.4, 0.5) is 18.0 Å². The smallest absolute Gasteiger partial charge is 0.390 e. The molecule has 7 nitrogen and oxygen atoms in total. The Morgan fingerprint density at radius 2 is 1.79 bits per heavy atom. The number of urea groups is 1. The maximum atomic E-state index is 13.1. The zero-order valence-electron chi connectivity index (χ0n) is 19.0. The average molecular weight is 476 g/mol. The third-order valence-electron chi connectivity index (χ3n) is 6.45. The summed E-state index contributed by atoms with van der Waals surface area (Å²) in [5.41, 5.74) is 0.574. The molecule has 10 heteroatoms. The molecule has 1 saturated heterocycles. The van der Waals surface area contributed by atoms with Gasteiger partial charge in [0.2, 0.25) is 0 Å². The van der Waals surface area contributed by atoms with Gasteiger partial charge in [0.05, 0.1) is 30.5 Å². The van der Waals surface area contributed by atoms with Crippen LogP contribution in [-0.2, 0) is 30.5 Å². The Balaban J connectivity index is 1.40. The average Bonchev–Trinajstić information content (AvgIpc) is 2.93. The summed E-state index contributed by atoms with van der Waals surface area (Å²) in [6.45, 7) is 4.75. The highest BCUT2D eigenvalue weighted by Crippen LogP contribution is 2.31. The first-order valence-electron chi connectivity index (χ1n) is 11.1. The van der Waals surface area contributed by atoms with E-state index in [-0.39, 0.29) is 18.8 Å². The summed E-state index contributed by atoms with van der Waals surface area (Å²) >= 11 is 0. The highest BCUT2D eigenvalue weighted by Gasteiger charge is 2.51. The number of aromatic nitrogens is 1. The van der Waals surface area contributed by atoms with Crippen molar-refractivity contribution in [2.24, 2.45) is 0 Å². The van der Waals surface area contributed by atoms with Crippen LogP contribution in [0.1, 0.15) is 36.2 Å². The number of benzene rings is 1. The van der Waals surface area contributed by atoms with Crippen LogP contribution in [0.15, 0.2) is 42.6 Å². The Labute approximate surface area is 195 Å². The fourth-order valence-electron chi connectivity index (χ4n) is 4.49. The minimum atomic E-state index is -4.52. The van der Waals surface area contributed by atoms with E-state index >= 15 is 0 Å². The number of alkyl halides is 3. The molecule has 2 aliphatic heterocycles. The number of aliphatic hydroxyl groups is 1. The van der Waals surface area contributed by atoms with Crippen molar-refractivity contribution in [1.29, 1.82) is 0 Å². The van der Waals surface area contributed by atoms with Crippen LogP contribution in [0, 0.1) is 0 Å². The van der Waals surface area contributed by atoms with Gasteiger partial charge in [-0.15, -0.1) is 0 Å². The number of amides is 3. The first-order chi connectivity index (χ1) is 16.0. The number of imide groups is 1. The van der Waals surface area contributed by atoms with Gasteiger partial charge in [-0.3, -0.25) is 19.6 Å². The number of rotatable bonds is 6. The summed E-state index contributed by atoms with van der Waals surface area (Å²) in [5, 5.41) is 10.7. The summed E-state index contributed by atoms with van der Waals surface area (Å²) in [5.74, 6) is -0.488. The predicted octanol–water partition coefficient (Wildman–Crippen LogP) is 3.06. The third-order valence-corrected chi connectivity index (χ3v) is 6.45. The van der Waals surface area contributed by atoms with Crippen molar-refractivity contribution >= 4 is 11.9 Å². The molecule has 1 aromatic carbocycles. The molecule has 1 aromatic heterocycles. The molecular weight excluding hydrogens is 449 g/mol. The summed E-state index contributed by atoms with van der Waals surface area (Å²) in [6.07, 6.45) is -3.82. The lowest BCUT2D eigenvalue weighted by Crippen LogP contribution is -2.50. The Hall–Kier alpha value is -2.98. The topological polar surface area (TPSA) is 77.0 Å². The number of hydrogen-bond acceptors (Lipinski definition) is 5. The Bertz CT molecular complexity index is 1070. The van der Waals surface area contributed by atoms with Gasteiger partial charge in [0.25, 0.3) is 5.91 Å². The zero-order chi connectivity index (χ0) is 24.7. The Morgan fingerprint density at radius 3 is 2.44 bits per heavy atom. The molecule has 2 aliphatic rings. The Kier molecular flexibility index (Phi) is 6.39. The lowest BCUT2D eigenvalue weighted by Gasteiger charge is -2.33. The molecule has 34 heavy (non-hydrogen) atoms. The fraction of sp³-hybridized carbons (Fsp3) is 0.458. The van der Waals surface area contributed by atoms with E-state index in [4.69, 9.17) is 0 Å². The molecule has 1 unspecified atom stereocenters. The van der Waals surface area contributed by atoms with Crippen LogP contribution >= 0.6 is 0 Å². The van der Waals surface area contributed by atoms with Gasteiger partial charge < -0.3 is 10.0 Å². The van der Waals surface area contributed by atoms with Crippen LogP contribution < -0.4 is 0 Å². The van der Waals surface area contributed by atoms with Crippen molar-refractivity contribution in [1.82, 2.24) is 19.7 Å². The quantitative estimate of drug-likeness (QED) is 0.649. The first kappa shape index (κ1) is 24.2. The molecule has 2 aromatic rings. The normalized spacial score (nSPS) is 19.5. The number of β-amino-alcohol motifs (C(OH)–C–C–N with tert-alkyl or cyclic N) is 1. The van der Waals surface area contributed by atoms with E-state index in [0.29, 0.717) is 19.3 Å². The number of hydrogen-bond donors (Lipinski definition) is 1. The van der Waals surface area contributed by atoms with Crippen LogP contribution in [0.5, 0.6) is 0 Å². The van der Waals surface area contributed by atoms with E-state index in [1.165, 1.54) is 16.0 Å². The molecular formula is C24H27F3N4O3. The molecule has 3 amide bonds. The third kappa shape index (κ3) is 4.78. The van der Waals surface area contributed by atoms with Crippen molar-refractivity contribution in [3.63, 3.8) is 0 Å². The van der Waals surface area contributed by atoms with Gasteiger partial charge >= 0.3 is 12.2 Å². The second-order valence-electron chi connectivity index (χ2n) is 9.29. The molecule has 4 rings (SSSR count). The first-order valence-corrected chi connectivity index (χ1v) is 11.1. The maximum Gasteiger partial charge on any atom is 0.417 e. The monoisotopic (exact) mass is 476 g/mol. The number of carbonyl (C=O) groups excluding carboxylic acids is 2. The molecule has 1 fully saturated rings. The van der Waals surface area contributed by atoms with Gasteiger partial charge in [0.1, 0.15) is 5.54 Å². The highest BCUT2D eigenvalue weighted by atomic mass is 19.4. The number of aliphatic hydroxyl groups excluding tert-OH is 1. The molecule has 1 atom stereocenters. The summed E-state index contributed by atoms with van der Waals surface area (Å²) < 4.78 is 38.3. The van der Waals surface area contributed by atoms with E-state index in [9.17, 15) is 27.9 Å². The maximum absolute atomic E-state index is 13.1. The molecule has 1 N–H and O–H groups in total. The van der Waals surface area contributed by atoms with E-state index < -0.39 is 35.3 Å². The van der Waals surface area contributed by atoms with Crippen molar-refractivity contribution in [2.75, 3.05) is 19.6 Å². The number of nitrogens with zero attached hydrogens (tertiary/aromatic N) is 4. The van der Waals surface area contributed by atoms with Gasteiger partial charge in [-0.1, -0.05) is 24.3 Å². The highest BCUT2D eigenvalue weighted by molar-refractivity contribution is 6.06. The van der Waals surface area contributed by atoms with Crippen LogP contribution in [0.3, 0.4) is 0 Å². The largest absolute Gasteiger partial charge is 0.417 e. The molecule has 0 bridgehead atoms. The second kappa shape index (κ2) is 8.99. The molecule has 0 radical (unpaired) electrons. The van der Waals surface area contributed by atoms with Crippen molar-refractivity contribution in [3.05, 3.63) is 65.0 Å². The van der Waals surface area contributed by atoms with Gasteiger partial charge in [-0.2, -0.15) is 13.2 Å². The van der Waals surface area contributed by atoms with E-state index in [0.717, 1.165) is 30.0 Å². The Morgan fingerprint density at radius 1 is 1.09 bits per heavy atom. The van der Waals surface area contributed by atoms with Crippen LogP contribution in [0.2, 0.25) is 0 Å². The number of halogens is 3. The van der Waals surface area contributed by atoms with Gasteiger partial charge in [0.15, 0.2) is 0 Å². The summed E-state index contributed by atoms with van der Waals surface area (Å²) in [4.78, 5) is 34.2. The molecule has 0 spiro atoms. The lowest BCUT2D eigenvalue weighted by molar-refractivity contribution is -0.138. The standard InChI is InChI=1S/C24H27F3N4O3/c1-23(2)21(33)30(13-19-8-7-18(11-28-19)24(25,26)27)22(34)31(23)15-20(32)14-29-10-9-16-5-3-4-6-17(16)12-29/h3-8,11,20,32H,9-10,12-15H2,1-2H3. The van der Waals surface area contributed by atoms with E-state index in [1.54, 1.807) is 13.8 Å². The molecule has 0 aliphatic carbocycles. The van der Waals surface area contributed by atoms with Crippen LogP contribution in [0.25, 0.3) is 0 Å². The lowest BCUT2D eigenvalue weighted by atomic mass is 9.99. The summed E-state index contributed by atoms with van der Waals surface area (Å²) in [6, 6.07) is 9.58. The van der Waals surface area contributed by atoms with Gasteiger partial charge in [-0.25, -0.2) is 4.79 Å². The van der Waals surface area contributed by atoms with Gasteiger partial charge in [-0.05, 0) is 43.5 Å². The van der Waals surface area contributed by atoms with Crippen molar-refractivity contribution < 1.29 is 27.9 Å². The van der Waals surface area contributed by atoms with Gasteiger partial charge in [0, 0.05) is 25.8 Å². The van der Waals surface area contributed by atoms with Crippen molar-refractivity contribution in [3.8, 4) is 0 Å². The molecule has 3 heterocycles. The SMILES string of the molecule is CC1(C)C(=O)N(Cc2ccc(C(F)(F)F)cn2)C(=O)N1CC(O)CN1CCc2ccccc2C1. The van der Waals surface area contributed by atoms with E-state index in [2.05, 4.69) is 22.0 Å². The minimum Gasteiger partial charge on any atom is -0.390 e.